The van der Waals surface area contributed by atoms with Crippen molar-refractivity contribution in [2.24, 2.45) is 0 Å². The quantitative estimate of drug-likeness (QED) is 0.240. The number of hydrogen-bond acceptors (Lipinski definition) is 4. The molecule has 1 heterocycles. The summed E-state index contributed by atoms with van der Waals surface area (Å²) in [5.74, 6) is 0.379. The minimum Gasteiger partial charge on any atom is -0.436 e. The van der Waals surface area contributed by atoms with E-state index in [1.807, 2.05) is 48.5 Å². The Morgan fingerprint density at radius 3 is 1.88 bits per heavy atom. The van der Waals surface area contributed by atoms with Crippen molar-refractivity contribution in [3.63, 3.8) is 0 Å². The van der Waals surface area contributed by atoms with Crippen LogP contribution in [0.25, 0.3) is 45.8 Å². The van der Waals surface area contributed by atoms with Gasteiger partial charge in [0, 0.05) is 5.56 Å². The van der Waals surface area contributed by atoms with Crippen molar-refractivity contribution in [3.05, 3.63) is 108 Å². The molecule has 0 fully saturated rings. The third kappa shape index (κ3) is 4.62. The van der Waals surface area contributed by atoms with Crippen molar-refractivity contribution < 1.29 is 17.4 Å². The van der Waals surface area contributed by atoms with E-state index in [1.54, 1.807) is 0 Å². The fourth-order valence-corrected chi connectivity index (χ4v) is 4.04. The van der Waals surface area contributed by atoms with Gasteiger partial charge in [-0.25, -0.2) is 4.98 Å². The summed E-state index contributed by atoms with van der Waals surface area (Å²) >= 11 is 0. The number of nitrogens with zero attached hydrogens (tertiary/aromatic N) is 1. The van der Waals surface area contributed by atoms with Crippen molar-refractivity contribution in [3.8, 4) is 22.6 Å². The van der Waals surface area contributed by atoms with Gasteiger partial charge in [-0.3, -0.25) is 4.55 Å². The van der Waals surface area contributed by atoms with E-state index in [4.69, 9.17) is 4.42 Å². The zero-order chi connectivity index (χ0) is 22.8. The highest BCUT2D eigenvalue weighted by Gasteiger charge is 2.14. The van der Waals surface area contributed by atoms with Crippen molar-refractivity contribution in [1.82, 2.24) is 4.98 Å². The van der Waals surface area contributed by atoms with E-state index < -0.39 is 10.1 Å². The molecule has 0 bridgehead atoms. The lowest BCUT2D eigenvalue weighted by Crippen LogP contribution is -1.97. The average molecular weight is 454 g/mol. The Hall–Kier alpha value is -4.00. The first-order valence-corrected chi connectivity index (χ1v) is 11.7. The van der Waals surface area contributed by atoms with Gasteiger partial charge in [-0.15, -0.1) is 0 Å². The van der Waals surface area contributed by atoms with E-state index in [1.165, 1.54) is 29.3 Å². The van der Waals surface area contributed by atoms with Gasteiger partial charge in [0.1, 0.15) is 5.52 Å². The summed E-state index contributed by atoms with van der Waals surface area (Å²) < 4.78 is 37.6. The minimum absolute atomic E-state index is 0.216. The van der Waals surface area contributed by atoms with Crippen LogP contribution in [0.1, 0.15) is 11.1 Å². The van der Waals surface area contributed by atoms with Crippen molar-refractivity contribution in [1.29, 1.82) is 0 Å². The topological polar surface area (TPSA) is 80.4 Å². The summed E-state index contributed by atoms with van der Waals surface area (Å²) in [5.41, 5.74) is 6.08. The first-order valence-electron chi connectivity index (χ1n) is 10.3. The second-order valence-corrected chi connectivity index (χ2v) is 8.99. The number of oxazole rings is 1. The Kier molecular flexibility index (Phi) is 5.38. The largest absolute Gasteiger partial charge is 0.436 e. The van der Waals surface area contributed by atoms with Gasteiger partial charge in [-0.2, -0.15) is 8.42 Å². The molecule has 0 amide bonds. The molecule has 0 unspecified atom stereocenters. The van der Waals surface area contributed by atoms with Crippen molar-refractivity contribution in [2.45, 2.75) is 4.90 Å². The van der Waals surface area contributed by atoms with E-state index >= 15 is 0 Å². The zero-order valence-electron chi connectivity index (χ0n) is 17.4. The molecule has 0 radical (unpaired) electrons. The standard InChI is InChI=1S/C27H19NO4S/c29-33(30,31)24-16-17-26-25(18-24)28-27(32-26)23-14-10-20(11-15-23)7-6-19-8-12-22(13-9-19)21-4-2-1-3-5-21/h1-18H,(H,29,30,31). The van der Waals surface area contributed by atoms with Crippen LogP contribution in [0.3, 0.4) is 0 Å². The summed E-state index contributed by atoms with van der Waals surface area (Å²) in [5, 5.41) is 0. The number of fused-ring (bicyclic) bond motifs is 1. The molecule has 1 aromatic heterocycles. The van der Waals surface area contributed by atoms with Gasteiger partial charge in [0.05, 0.1) is 4.90 Å². The number of hydrogen-bond donors (Lipinski definition) is 1. The molecule has 0 aliphatic heterocycles. The van der Waals surface area contributed by atoms with E-state index in [0.29, 0.717) is 17.0 Å². The summed E-state index contributed by atoms with van der Waals surface area (Å²) in [4.78, 5) is 4.14. The highest BCUT2D eigenvalue weighted by atomic mass is 32.2. The second kappa shape index (κ2) is 8.50. The Morgan fingerprint density at radius 2 is 1.27 bits per heavy atom. The van der Waals surface area contributed by atoms with Crippen LogP contribution >= 0.6 is 0 Å². The molecule has 0 saturated heterocycles. The van der Waals surface area contributed by atoms with Gasteiger partial charge in [-0.05, 0) is 52.6 Å². The zero-order valence-corrected chi connectivity index (χ0v) is 18.2. The van der Waals surface area contributed by atoms with Gasteiger partial charge in [0.15, 0.2) is 5.58 Å². The van der Waals surface area contributed by atoms with Crippen LogP contribution < -0.4 is 0 Å². The first-order chi connectivity index (χ1) is 16.0. The SMILES string of the molecule is O=S(=O)(O)c1ccc2oc(-c3ccc(C=Cc4ccc(-c5ccccc5)cc4)cc3)nc2c1. The van der Waals surface area contributed by atoms with Crippen LogP contribution in [0.2, 0.25) is 0 Å². The fraction of sp³-hybridized carbons (Fsp3) is 0. The lowest BCUT2D eigenvalue weighted by atomic mass is 10.0. The molecule has 0 aliphatic carbocycles. The summed E-state index contributed by atoms with van der Waals surface area (Å²) in [7, 11) is -4.29. The fourth-order valence-electron chi connectivity index (χ4n) is 3.54. The maximum absolute atomic E-state index is 11.3. The Balaban J connectivity index is 1.33. The molecule has 0 spiro atoms. The lowest BCUT2D eigenvalue weighted by molar-refractivity contribution is 0.483. The van der Waals surface area contributed by atoms with Crippen LogP contribution in [0.15, 0.2) is 106 Å². The first kappa shape index (κ1) is 20.9. The Bertz CT molecular complexity index is 1550. The van der Waals surface area contributed by atoms with Crippen LogP contribution in [0.4, 0.5) is 0 Å². The maximum Gasteiger partial charge on any atom is 0.294 e. The molecule has 162 valence electrons. The van der Waals surface area contributed by atoms with Crippen LogP contribution in [-0.4, -0.2) is 18.0 Å². The molecule has 1 N–H and O–H groups in total. The molecule has 5 rings (SSSR count). The monoisotopic (exact) mass is 453 g/mol. The van der Waals surface area contributed by atoms with Crippen molar-refractivity contribution >= 4 is 33.4 Å². The Morgan fingerprint density at radius 1 is 0.697 bits per heavy atom. The maximum atomic E-state index is 11.3. The van der Waals surface area contributed by atoms with Gasteiger partial charge in [-0.1, -0.05) is 78.9 Å². The third-order valence-corrected chi connectivity index (χ3v) is 6.15. The number of benzene rings is 4. The number of aromatic nitrogens is 1. The van der Waals surface area contributed by atoms with E-state index in [-0.39, 0.29) is 4.90 Å². The van der Waals surface area contributed by atoms with E-state index in [9.17, 15) is 13.0 Å². The van der Waals surface area contributed by atoms with Crippen LogP contribution in [0.5, 0.6) is 0 Å². The van der Waals surface area contributed by atoms with Crippen LogP contribution in [0, 0.1) is 0 Å². The Labute approximate surface area is 191 Å². The highest BCUT2D eigenvalue weighted by Crippen LogP contribution is 2.27. The molecule has 4 aromatic carbocycles. The average Bonchev–Trinajstić information content (AvgIpc) is 3.27. The van der Waals surface area contributed by atoms with Gasteiger partial charge in [0.2, 0.25) is 5.89 Å². The molecule has 33 heavy (non-hydrogen) atoms. The smallest absolute Gasteiger partial charge is 0.294 e. The van der Waals surface area contributed by atoms with Gasteiger partial charge < -0.3 is 4.42 Å². The second-order valence-electron chi connectivity index (χ2n) is 7.57. The van der Waals surface area contributed by atoms with Gasteiger partial charge in [0.25, 0.3) is 10.1 Å². The molecular weight excluding hydrogens is 434 g/mol. The minimum atomic E-state index is -4.29. The molecule has 6 heteroatoms. The summed E-state index contributed by atoms with van der Waals surface area (Å²) in [6.45, 7) is 0. The molecule has 0 aliphatic rings. The highest BCUT2D eigenvalue weighted by molar-refractivity contribution is 7.85. The van der Waals surface area contributed by atoms with Crippen molar-refractivity contribution in [2.75, 3.05) is 0 Å². The van der Waals surface area contributed by atoms with E-state index in [2.05, 4.69) is 47.5 Å². The lowest BCUT2D eigenvalue weighted by Gasteiger charge is -2.02. The summed E-state index contributed by atoms with van der Waals surface area (Å²) in [6.07, 6.45) is 4.09. The predicted octanol–water partition coefficient (Wildman–Crippen LogP) is 6.58. The molecule has 0 saturated carbocycles. The molecule has 5 aromatic rings. The third-order valence-electron chi connectivity index (χ3n) is 5.30. The van der Waals surface area contributed by atoms with Gasteiger partial charge >= 0.3 is 0 Å². The molecule has 5 nitrogen and oxygen atoms in total. The van der Waals surface area contributed by atoms with Crippen LogP contribution in [-0.2, 0) is 10.1 Å². The summed E-state index contributed by atoms with van der Waals surface area (Å²) in [6, 6.07) is 30.4. The molecular formula is C27H19NO4S. The molecule has 0 atom stereocenters. The number of rotatable bonds is 5. The van der Waals surface area contributed by atoms with E-state index in [0.717, 1.165) is 16.7 Å². The predicted molar refractivity (Wildman–Crippen MR) is 130 cm³/mol. The normalized spacial score (nSPS) is 11.9.